The number of piperazine rings is 1. The smallest absolute Gasteiger partial charge is 0.299 e. The van der Waals surface area contributed by atoms with E-state index in [4.69, 9.17) is 4.74 Å². The van der Waals surface area contributed by atoms with Crippen LogP contribution in [0.3, 0.4) is 0 Å². The maximum Gasteiger partial charge on any atom is 0.299 e. The lowest BCUT2D eigenvalue weighted by Crippen LogP contribution is -2.43. The Balaban J connectivity index is 1.22. The Bertz CT molecular complexity index is 1120. The number of benzene rings is 1. The van der Waals surface area contributed by atoms with E-state index in [9.17, 15) is 4.79 Å². The molecule has 4 heterocycles. The second kappa shape index (κ2) is 9.58. The largest absolute Gasteiger partial charge is 0.461 e. The molecule has 1 aromatic carbocycles. The maximum absolute atomic E-state index is 12.4. The molecule has 2 saturated heterocycles. The van der Waals surface area contributed by atoms with Crippen molar-refractivity contribution in [2.24, 2.45) is 7.05 Å². The first-order chi connectivity index (χ1) is 16.2. The fourth-order valence-corrected chi connectivity index (χ4v) is 4.38. The number of anilines is 2. The molecule has 0 saturated carbocycles. The van der Waals surface area contributed by atoms with Crippen molar-refractivity contribution >= 4 is 11.4 Å². The summed E-state index contributed by atoms with van der Waals surface area (Å²) < 4.78 is 7.63. The number of piperidine rings is 1. The molecule has 5 rings (SSSR count). The highest BCUT2D eigenvalue weighted by molar-refractivity contribution is 5.57. The van der Waals surface area contributed by atoms with Crippen LogP contribution in [0.5, 0.6) is 6.01 Å². The highest BCUT2D eigenvalue weighted by Crippen LogP contribution is 2.25. The van der Waals surface area contributed by atoms with E-state index >= 15 is 0 Å². The van der Waals surface area contributed by atoms with Gasteiger partial charge in [0.25, 0.3) is 11.6 Å². The normalized spacial score (nSPS) is 17.2. The van der Waals surface area contributed by atoms with Gasteiger partial charge in [-0.3, -0.25) is 9.36 Å². The summed E-state index contributed by atoms with van der Waals surface area (Å²) in [6.45, 7) is 5.98. The average molecular weight is 448 g/mol. The van der Waals surface area contributed by atoms with Crippen LogP contribution in [-0.4, -0.2) is 64.9 Å². The molecular formula is C24H29N7O2. The second-order valence-electron chi connectivity index (χ2n) is 8.47. The minimum Gasteiger partial charge on any atom is -0.461 e. The van der Waals surface area contributed by atoms with Crippen LogP contribution in [0.1, 0.15) is 12.8 Å². The van der Waals surface area contributed by atoms with Crippen LogP contribution in [0, 0.1) is 0 Å². The van der Waals surface area contributed by atoms with E-state index in [1.54, 1.807) is 19.3 Å². The summed E-state index contributed by atoms with van der Waals surface area (Å²) in [5.74, 6) is 0. The zero-order valence-corrected chi connectivity index (χ0v) is 18.9. The Morgan fingerprint density at radius 2 is 1.61 bits per heavy atom. The third-order valence-corrected chi connectivity index (χ3v) is 6.35. The van der Waals surface area contributed by atoms with Gasteiger partial charge in [0.15, 0.2) is 0 Å². The lowest BCUT2D eigenvalue weighted by molar-refractivity contribution is 0.149. The molecule has 1 N–H and O–H groups in total. The van der Waals surface area contributed by atoms with Crippen molar-refractivity contribution in [2.75, 3.05) is 49.1 Å². The molecule has 172 valence electrons. The number of hydrogen-bond donors (Lipinski definition) is 1. The second-order valence-corrected chi connectivity index (χ2v) is 8.47. The van der Waals surface area contributed by atoms with Crippen molar-refractivity contribution in [3.8, 4) is 17.4 Å². The molecule has 2 aliphatic rings. The summed E-state index contributed by atoms with van der Waals surface area (Å²) >= 11 is 0. The van der Waals surface area contributed by atoms with Gasteiger partial charge in [-0.25, -0.2) is 9.97 Å². The number of aromatic nitrogens is 4. The topological polar surface area (TPSA) is 88.4 Å². The van der Waals surface area contributed by atoms with Gasteiger partial charge in [-0.15, -0.1) is 0 Å². The molecule has 2 aliphatic heterocycles. The van der Waals surface area contributed by atoms with Crippen molar-refractivity contribution < 1.29 is 4.74 Å². The number of nitrogens with zero attached hydrogens (tertiary/aromatic N) is 6. The molecule has 3 aromatic rings. The lowest BCUT2D eigenvalue weighted by atomic mass is 10.1. The van der Waals surface area contributed by atoms with Crippen LogP contribution in [0.25, 0.3) is 11.4 Å². The fourth-order valence-electron chi connectivity index (χ4n) is 4.38. The Hall–Kier alpha value is -3.46. The van der Waals surface area contributed by atoms with Crippen LogP contribution in [-0.2, 0) is 7.05 Å². The Kier molecular flexibility index (Phi) is 6.21. The predicted octanol–water partition coefficient (Wildman–Crippen LogP) is 1.69. The quantitative estimate of drug-likeness (QED) is 0.632. The molecule has 0 radical (unpaired) electrons. The minimum absolute atomic E-state index is 0.0140. The highest BCUT2D eigenvalue weighted by atomic mass is 16.5. The molecule has 0 atom stereocenters. The average Bonchev–Trinajstić information content (AvgIpc) is 2.88. The molecule has 0 aliphatic carbocycles. The Morgan fingerprint density at radius 1 is 0.939 bits per heavy atom. The van der Waals surface area contributed by atoms with Crippen LogP contribution >= 0.6 is 0 Å². The van der Waals surface area contributed by atoms with Gasteiger partial charge >= 0.3 is 0 Å². The van der Waals surface area contributed by atoms with E-state index in [-0.39, 0.29) is 11.7 Å². The molecule has 9 nitrogen and oxygen atoms in total. The summed E-state index contributed by atoms with van der Waals surface area (Å²) in [7, 11) is 1.68. The zero-order valence-electron chi connectivity index (χ0n) is 18.9. The van der Waals surface area contributed by atoms with Crippen LogP contribution < -0.4 is 25.4 Å². The molecule has 9 heteroatoms. The van der Waals surface area contributed by atoms with Gasteiger partial charge in [0.1, 0.15) is 12.4 Å². The van der Waals surface area contributed by atoms with Gasteiger partial charge in [0.05, 0.1) is 11.4 Å². The molecular weight excluding hydrogens is 418 g/mol. The highest BCUT2D eigenvalue weighted by Gasteiger charge is 2.23. The van der Waals surface area contributed by atoms with E-state index in [0.717, 1.165) is 52.1 Å². The molecule has 2 fully saturated rings. The van der Waals surface area contributed by atoms with Gasteiger partial charge in [0, 0.05) is 82.8 Å². The monoisotopic (exact) mass is 447 g/mol. The standard InChI is InChI=1S/C24H29N7O2/c1-29-23(32)16-22(21-6-9-26-17-27-21)28-24(29)33-20-7-12-30(13-8-20)18-2-4-19(5-3-18)31-14-10-25-11-15-31/h2-6,9,16-17,20,25H,7-8,10-15H2,1H3. The van der Waals surface area contributed by atoms with E-state index in [1.807, 2.05) is 0 Å². The Labute approximate surface area is 193 Å². The van der Waals surface area contributed by atoms with Crippen LogP contribution in [0.4, 0.5) is 11.4 Å². The molecule has 0 unspecified atom stereocenters. The summed E-state index contributed by atoms with van der Waals surface area (Å²) in [5, 5.41) is 3.40. The first-order valence-corrected chi connectivity index (χ1v) is 11.5. The number of rotatable bonds is 5. The van der Waals surface area contributed by atoms with E-state index in [2.05, 4.69) is 54.3 Å². The van der Waals surface area contributed by atoms with E-state index in [0.29, 0.717) is 17.4 Å². The first-order valence-electron chi connectivity index (χ1n) is 11.5. The third kappa shape index (κ3) is 4.83. The van der Waals surface area contributed by atoms with Gasteiger partial charge < -0.3 is 19.9 Å². The minimum atomic E-state index is -0.171. The zero-order chi connectivity index (χ0) is 22.6. The fraction of sp³-hybridized carbons (Fsp3) is 0.417. The SMILES string of the molecule is Cn1c(OC2CCN(c3ccc(N4CCNCC4)cc3)CC2)nc(-c2ccncn2)cc1=O. The number of ether oxygens (including phenoxy) is 1. The van der Waals surface area contributed by atoms with Gasteiger partial charge in [-0.05, 0) is 30.3 Å². The molecule has 33 heavy (non-hydrogen) atoms. The van der Waals surface area contributed by atoms with Crippen LogP contribution in [0.15, 0.2) is 53.7 Å². The predicted molar refractivity (Wildman–Crippen MR) is 128 cm³/mol. The van der Waals surface area contributed by atoms with Crippen molar-refractivity contribution in [2.45, 2.75) is 18.9 Å². The van der Waals surface area contributed by atoms with Gasteiger partial charge in [-0.2, -0.15) is 4.98 Å². The molecule has 0 spiro atoms. The summed E-state index contributed by atoms with van der Waals surface area (Å²) in [6, 6.07) is 12.4. The van der Waals surface area contributed by atoms with Gasteiger partial charge in [-0.1, -0.05) is 0 Å². The lowest BCUT2D eigenvalue weighted by Gasteiger charge is -2.34. The van der Waals surface area contributed by atoms with Crippen molar-refractivity contribution in [1.82, 2.24) is 24.8 Å². The van der Waals surface area contributed by atoms with E-state index in [1.165, 1.54) is 28.3 Å². The third-order valence-electron chi connectivity index (χ3n) is 6.35. The van der Waals surface area contributed by atoms with E-state index < -0.39 is 0 Å². The van der Waals surface area contributed by atoms with Gasteiger partial charge in [0.2, 0.25) is 0 Å². The molecule has 0 amide bonds. The van der Waals surface area contributed by atoms with Crippen molar-refractivity contribution in [3.63, 3.8) is 0 Å². The Morgan fingerprint density at radius 3 is 2.24 bits per heavy atom. The van der Waals surface area contributed by atoms with Crippen molar-refractivity contribution in [3.05, 3.63) is 59.3 Å². The van der Waals surface area contributed by atoms with Crippen molar-refractivity contribution in [1.29, 1.82) is 0 Å². The summed E-state index contributed by atoms with van der Waals surface area (Å²) in [4.78, 5) is 29.9. The number of hydrogen-bond acceptors (Lipinski definition) is 8. The molecule has 0 bridgehead atoms. The van der Waals surface area contributed by atoms with Crippen LogP contribution in [0.2, 0.25) is 0 Å². The molecule has 2 aromatic heterocycles. The first kappa shape index (κ1) is 21.4. The maximum atomic E-state index is 12.4. The summed E-state index contributed by atoms with van der Waals surface area (Å²) in [6.07, 6.45) is 4.83. The summed E-state index contributed by atoms with van der Waals surface area (Å²) in [5.41, 5.74) is 3.46. The number of nitrogens with one attached hydrogen (secondary N) is 1.